The van der Waals surface area contributed by atoms with Gasteiger partial charge in [-0.15, -0.1) is 0 Å². The summed E-state index contributed by atoms with van der Waals surface area (Å²) in [4.78, 5) is 18.7. The molecule has 0 amide bonds. The zero-order valence-electron chi connectivity index (χ0n) is 14.0. The predicted octanol–water partition coefficient (Wildman–Crippen LogP) is 3.78. The van der Waals surface area contributed by atoms with Gasteiger partial charge in [0.25, 0.3) is 0 Å². The van der Waals surface area contributed by atoms with Crippen LogP contribution < -0.4 is 0 Å². The first-order valence-corrected chi connectivity index (χ1v) is 7.81. The van der Waals surface area contributed by atoms with Gasteiger partial charge in [-0.2, -0.15) is 0 Å². The Kier molecular flexibility index (Phi) is 7.13. The first-order valence-electron chi connectivity index (χ1n) is 7.81. The molecule has 1 unspecified atom stereocenters. The van der Waals surface area contributed by atoms with Gasteiger partial charge in [-0.05, 0) is 38.2 Å². The van der Waals surface area contributed by atoms with Crippen molar-refractivity contribution in [3.8, 4) is 0 Å². The predicted molar refractivity (Wildman–Crippen MR) is 90.6 cm³/mol. The van der Waals surface area contributed by atoms with E-state index in [9.17, 15) is 4.79 Å². The summed E-state index contributed by atoms with van der Waals surface area (Å²) in [5.41, 5.74) is 2.13. The molecule has 0 aromatic heterocycles. The van der Waals surface area contributed by atoms with Crippen molar-refractivity contribution in [1.82, 2.24) is 4.90 Å². The van der Waals surface area contributed by atoms with E-state index in [1.165, 1.54) is 5.57 Å². The molecule has 0 fully saturated rings. The summed E-state index contributed by atoms with van der Waals surface area (Å²) >= 11 is 0. The highest BCUT2D eigenvalue weighted by Gasteiger charge is 2.20. The lowest BCUT2D eigenvalue weighted by Gasteiger charge is -2.25. The van der Waals surface area contributed by atoms with Gasteiger partial charge in [-0.1, -0.05) is 38.2 Å². The standard InChI is InChI=1S/C18H28N2O/c1-6-20(13-19-5)15(4)18(21)17-10-8-7-9-16(11-12-17)14(2)3/h9-15H,6-8H2,1-5H3. The molecule has 0 aliphatic heterocycles. The van der Waals surface area contributed by atoms with E-state index in [1.807, 2.05) is 24.8 Å². The normalized spacial score (nSPS) is 17.2. The molecule has 3 heteroatoms. The summed E-state index contributed by atoms with van der Waals surface area (Å²) in [6.07, 6.45) is 12.0. The SMILES string of the molecule is CCN(C=NC)C(C)C(=O)C1=CCCC=C(C(C)C)C=C1. The number of rotatable bonds is 6. The molecule has 0 N–H and O–H groups in total. The third kappa shape index (κ3) is 5.00. The van der Waals surface area contributed by atoms with Crippen LogP contribution in [0.2, 0.25) is 0 Å². The lowest BCUT2D eigenvalue weighted by atomic mass is 9.95. The van der Waals surface area contributed by atoms with Crippen LogP contribution in [0, 0.1) is 5.92 Å². The number of hydrogen-bond acceptors (Lipinski definition) is 2. The molecule has 1 aliphatic rings. The zero-order valence-corrected chi connectivity index (χ0v) is 14.0. The molecule has 0 saturated heterocycles. The summed E-state index contributed by atoms with van der Waals surface area (Å²) in [6, 6.07) is -0.180. The first kappa shape index (κ1) is 17.4. The fraction of sp³-hybridized carbons (Fsp3) is 0.556. The fourth-order valence-corrected chi connectivity index (χ4v) is 2.42. The molecule has 0 aromatic carbocycles. The van der Waals surface area contributed by atoms with Crippen molar-refractivity contribution in [2.75, 3.05) is 13.6 Å². The molecule has 1 atom stereocenters. The Morgan fingerprint density at radius 2 is 1.95 bits per heavy atom. The minimum absolute atomic E-state index is 0.165. The smallest absolute Gasteiger partial charge is 0.184 e. The van der Waals surface area contributed by atoms with Gasteiger partial charge in [0, 0.05) is 19.2 Å². The number of likely N-dealkylation sites (N-methyl/N-ethyl adjacent to an activating group) is 1. The Hall–Kier alpha value is -1.64. The van der Waals surface area contributed by atoms with Crippen molar-refractivity contribution in [2.45, 2.75) is 46.6 Å². The van der Waals surface area contributed by atoms with Crippen molar-refractivity contribution in [2.24, 2.45) is 10.9 Å². The third-order valence-corrected chi connectivity index (χ3v) is 3.82. The first-order chi connectivity index (χ1) is 10.0. The molecular formula is C18H28N2O. The summed E-state index contributed by atoms with van der Waals surface area (Å²) in [7, 11) is 1.73. The summed E-state index contributed by atoms with van der Waals surface area (Å²) < 4.78 is 0. The second kappa shape index (κ2) is 8.60. The number of aliphatic imine (C=N–C) groups is 1. The van der Waals surface area contributed by atoms with E-state index in [-0.39, 0.29) is 11.8 Å². The average Bonchev–Trinajstić information content (AvgIpc) is 2.43. The van der Waals surface area contributed by atoms with Gasteiger partial charge in [-0.25, -0.2) is 0 Å². The van der Waals surface area contributed by atoms with E-state index in [1.54, 1.807) is 13.4 Å². The molecule has 0 heterocycles. The Bertz CT molecular complexity index is 470. The zero-order chi connectivity index (χ0) is 15.8. The largest absolute Gasteiger partial charge is 0.353 e. The molecule has 1 rings (SSSR count). The molecule has 116 valence electrons. The molecule has 0 aromatic rings. The number of carbonyl (C=O) groups excluding carboxylic acids is 1. The van der Waals surface area contributed by atoms with E-state index in [2.05, 4.69) is 37.1 Å². The van der Waals surface area contributed by atoms with Gasteiger partial charge in [-0.3, -0.25) is 9.79 Å². The van der Waals surface area contributed by atoms with E-state index in [0.29, 0.717) is 5.92 Å². The summed E-state index contributed by atoms with van der Waals surface area (Å²) in [5, 5.41) is 0. The molecule has 3 nitrogen and oxygen atoms in total. The summed E-state index contributed by atoms with van der Waals surface area (Å²) in [5.74, 6) is 0.658. The van der Waals surface area contributed by atoms with Crippen LogP contribution in [0.4, 0.5) is 0 Å². The van der Waals surface area contributed by atoms with Gasteiger partial charge >= 0.3 is 0 Å². The highest BCUT2D eigenvalue weighted by Crippen LogP contribution is 2.19. The Morgan fingerprint density at radius 3 is 2.52 bits per heavy atom. The molecule has 0 saturated carbocycles. The average molecular weight is 288 g/mol. The number of hydrogen-bond donors (Lipinski definition) is 0. The van der Waals surface area contributed by atoms with Gasteiger partial charge < -0.3 is 4.90 Å². The van der Waals surface area contributed by atoms with Crippen molar-refractivity contribution < 1.29 is 4.79 Å². The minimum atomic E-state index is -0.180. The lowest BCUT2D eigenvalue weighted by Crippen LogP contribution is -2.38. The van der Waals surface area contributed by atoms with Crippen LogP contribution in [0.1, 0.15) is 40.5 Å². The number of carbonyl (C=O) groups is 1. The maximum atomic E-state index is 12.7. The molecular weight excluding hydrogens is 260 g/mol. The molecule has 0 bridgehead atoms. The number of ketones is 1. The van der Waals surface area contributed by atoms with E-state index >= 15 is 0 Å². The minimum Gasteiger partial charge on any atom is -0.353 e. The van der Waals surface area contributed by atoms with Gasteiger partial charge in [0.2, 0.25) is 0 Å². The molecule has 0 spiro atoms. The van der Waals surface area contributed by atoms with Crippen LogP contribution >= 0.6 is 0 Å². The number of allylic oxidation sites excluding steroid dienone is 5. The quantitative estimate of drug-likeness (QED) is 0.550. The Labute approximate surface area is 129 Å². The molecule has 21 heavy (non-hydrogen) atoms. The molecule has 0 radical (unpaired) electrons. The highest BCUT2D eigenvalue weighted by molar-refractivity contribution is 6.02. The number of Topliss-reactive ketones (excluding diaryl/α,β-unsaturated/α-hetero) is 1. The van der Waals surface area contributed by atoms with Crippen molar-refractivity contribution in [3.05, 3.63) is 35.5 Å². The van der Waals surface area contributed by atoms with Gasteiger partial charge in [0.1, 0.15) is 0 Å². The Balaban J connectivity index is 2.91. The van der Waals surface area contributed by atoms with Crippen LogP contribution in [0.15, 0.2) is 40.4 Å². The van der Waals surface area contributed by atoms with Crippen LogP contribution in [-0.4, -0.2) is 36.7 Å². The second-order valence-corrected chi connectivity index (χ2v) is 5.67. The van der Waals surface area contributed by atoms with Crippen LogP contribution in [0.25, 0.3) is 0 Å². The fourth-order valence-electron chi connectivity index (χ4n) is 2.42. The monoisotopic (exact) mass is 288 g/mol. The Morgan fingerprint density at radius 1 is 1.29 bits per heavy atom. The van der Waals surface area contributed by atoms with Crippen molar-refractivity contribution in [3.63, 3.8) is 0 Å². The summed E-state index contributed by atoms with van der Waals surface area (Å²) in [6.45, 7) is 9.12. The third-order valence-electron chi connectivity index (χ3n) is 3.82. The molecule has 1 aliphatic carbocycles. The van der Waals surface area contributed by atoms with Gasteiger partial charge in [0.05, 0.1) is 12.4 Å². The van der Waals surface area contributed by atoms with E-state index in [4.69, 9.17) is 0 Å². The van der Waals surface area contributed by atoms with Crippen molar-refractivity contribution in [1.29, 1.82) is 0 Å². The maximum Gasteiger partial charge on any atom is 0.184 e. The topological polar surface area (TPSA) is 32.7 Å². The van der Waals surface area contributed by atoms with Crippen molar-refractivity contribution >= 4 is 12.1 Å². The van der Waals surface area contributed by atoms with Crippen LogP contribution in [-0.2, 0) is 4.79 Å². The lowest BCUT2D eigenvalue weighted by molar-refractivity contribution is -0.118. The highest BCUT2D eigenvalue weighted by atomic mass is 16.1. The second-order valence-electron chi connectivity index (χ2n) is 5.67. The van der Waals surface area contributed by atoms with Crippen LogP contribution in [0.5, 0.6) is 0 Å². The number of nitrogens with zero attached hydrogens (tertiary/aromatic N) is 2. The van der Waals surface area contributed by atoms with E-state index in [0.717, 1.165) is 25.0 Å². The maximum absolute atomic E-state index is 12.7. The van der Waals surface area contributed by atoms with Gasteiger partial charge in [0.15, 0.2) is 5.78 Å². The van der Waals surface area contributed by atoms with Crippen LogP contribution in [0.3, 0.4) is 0 Å². The van der Waals surface area contributed by atoms with E-state index < -0.39 is 0 Å².